The van der Waals surface area contributed by atoms with E-state index in [2.05, 4.69) is 373 Å². The molecule has 6 heteroatoms. The molecule has 0 aliphatic rings. The summed E-state index contributed by atoms with van der Waals surface area (Å²) in [6.45, 7) is 0. The van der Waals surface area contributed by atoms with Crippen molar-refractivity contribution in [1.82, 2.24) is 19.1 Å². The maximum absolute atomic E-state index is 6.47. The largest absolute Gasteiger partial charge is 0.456 e. The first kappa shape index (κ1) is 59.4. The van der Waals surface area contributed by atoms with Crippen molar-refractivity contribution >= 4 is 140 Å². The van der Waals surface area contributed by atoms with Gasteiger partial charge in [-0.2, -0.15) is 0 Å². The van der Waals surface area contributed by atoms with Crippen LogP contribution in [0.25, 0.3) is 207 Å². The van der Waals surface area contributed by atoms with Gasteiger partial charge in [0.25, 0.3) is 0 Å². The number of benzene rings is 16. The van der Waals surface area contributed by atoms with Gasteiger partial charge in [-0.15, -0.1) is 11.3 Å². The molecule has 6 heterocycles. The van der Waals surface area contributed by atoms with Crippen LogP contribution in [0.4, 0.5) is 0 Å². The predicted molar refractivity (Wildman–Crippen MR) is 440 cm³/mol. The van der Waals surface area contributed by atoms with E-state index >= 15 is 0 Å². The van der Waals surface area contributed by atoms with Gasteiger partial charge in [0.1, 0.15) is 11.2 Å². The summed E-state index contributed by atoms with van der Waals surface area (Å²) in [5, 5.41) is 16.9. The van der Waals surface area contributed by atoms with Gasteiger partial charge in [0.15, 0.2) is 0 Å². The van der Waals surface area contributed by atoms with Crippen LogP contribution in [0.5, 0.6) is 0 Å². The van der Waals surface area contributed by atoms with E-state index in [9.17, 15) is 0 Å². The average Bonchev–Trinajstić information content (AvgIpc) is 1.56. The molecule has 16 aromatic carbocycles. The molecule has 0 N–H and O–H groups in total. The number of nitrogens with zero attached hydrogens (tertiary/aromatic N) is 4. The Morgan fingerprint density at radius 3 is 1.23 bits per heavy atom. The van der Waals surface area contributed by atoms with Crippen molar-refractivity contribution in [3.8, 4) is 78.4 Å². The van der Waals surface area contributed by atoms with E-state index in [-0.39, 0.29) is 0 Å². The van der Waals surface area contributed by atoms with Gasteiger partial charge in [0.2, 0.25) is 0 Å². The van der Waals surface area contributed by atoms with Crippen LogP contribution in [0.3, 0.4) is 0 Å². The molecule has 0 spiro atoms. The number of furan rings is 1. The second-order valence-corrected chi connectivity index (χ2v) is 28.1. The molecule has 22 aromatic rings. The summed E-state index contributed by atoms with van der Waals surface area (Å²) in [6.07, 6.45) is 0. The Morgan fingerprint density at radius 1 is 0.231 bits per heavy atom. The molecule has 0 atom stereocenters. The first-order chi connectivity index (χ1) is 51.6. The summed E-state index contributed by atoms with van der Waals surface area (Å²) >= 11 is 1.85. The van der Waals surface area contributed by atoms with Gasteiger partial charge in [-0.05, 0) is 163 Å². The molecule has 0 radical (unpaired) electrons. The maximum Gasteiger partial charge on any atom is 0.137 e. The highest BCUT2D eigenvalue weighted by Gasteiger charge is 2.22. The second kappa shape index (κ2) is 24.1. The molecule has 6 aromatic heterocycles. The highest BCUT2D eigenvalue weighted by Crippen LogP contribution is 2.47. The molecule has 0 aliphatic carbocycles. The van der Waals surface area contributed by atoms with Crippen LogP contribution in [0.1, 0.15) is 0 Å². The number of hydrogen-bond acceptors (Lipinski definition) is 4. The number of fused-ring (bicyclic) bond motifs is 20. The fourth-order valence-corrected chi connectivity index (χ4v) is 17.4. The molecule has 0 bridgehead atoms. The van der Waals surface area contributed by atoms with Gasteiger partial charge < -0.3 is 13.6 Å². The van der Waals surface area contributed by atoms with Crippen molar-refractivity contribution in [3.05, 3.63) is 364 Å². The summed E-state index contributed by atoms with van der Waals surface area (Å²) in [6, 6.07) is 131. The van der Waals surface area contributed by atoms with Gasteiger partial charge in [-0.25, -0.2) is 9.97 Å². The Kier molecular flexibility index (Phi) is 13.8. The smallest absolute Gasteiger partial charge is 0.137 e. The number of pyridine rings is 2. The quantitative estimate of drug-likeness (QED) is 0.152. The van der Waals surface area contributed by atoms with Crippen LogP contribution in [-0.2, 0) is 0 Å². The SMILES string of the molecule is c1ccc(-c2cc(-c3ccc(-c4ccc5c(c4)c4ccccc4n5-c4ccccc4)cc3)nc3c2ccc2oc4ccc5ccccc5c4c23)cc1.c1ccc(-c2cc(-c3ccc(-c4ccc5c6ccccc6n(-c6ccccc6)c5c4)cc3)nc3c2ccc2sc4ccc5ccccc5c4c23)cc1. The second-order valence-electron chi connectivity index (χ2n) is 27.0. The summed E-state index contributed by atoms with van der Waals surface area (Å²) in [7, 11) is 0. The van der Waals surface area contributed by atoms with E-state index in [1.807, 2.05) is 11.3 Å². The molecule has 0 unspecified atom stereocenters. The van der Waals surface area contributed by atoms with Gasteiger partial charge in [-0.3, -0.25) is 0 Å². The van der Waals surface area contributed by atoms with E-state index in [1.54, 1.807) is 0 Å². The molecule has 0 aliphatic heterocycles. The number of para-hydroxylation sites is 4. The van der Waals surface area contributed by atoms with Crippen molar-refractivity contribution in [2.45, 2.75) is 0 Å². The average molecular weight is 1340 g/mol. The lowest BCUT2D eigenvalue weighted by molar-refractivity contribution is 0.669. The standard InChI is InChI=1S/C49H30N2O.C49H30N2S/c1-3-11-32(12-4-1)40-30-42(50-49-39(40)25-28-46-48(49)47-37-16-8-7-13-33(37)24-27-45(47)52-46)34-21-19-31(20-22-34)35-23-26-44-41(29-35)38-17-9-10-18-43(38)51(44)36-14-5-2-6-15-36;1-3-11-32(12-4-1)41-30-42(50-49-40(41)26-28-46-48(49)47-37-16-8-7-13-33(37)24-27-45(47)52-46)34-21-19-31(20-22-34)35-23-25-39-38-17-9-10-18-43(38)51(44(39)29-35)36-14-5-2-6-15-36/h2*1-30H. The molecule has 22 rings (SSSR count). The van der Waals surface area contributed by atoms with E-state index < -0.39 is 0 Å². The third-order valence-electron chi connectivity index (χ3n) is 21.2. The highest BCUT2D eigenvalue weighted by atomic mass is 32.1. The zero-order valence-corrected chi connectivity index (χ0v) is 57.1. The lowest BCUT2D eigenvalue weighted by Crippen LogP contribution is -1.93. The Hall–Kier alpha value is -13.5. The van der Waals surface area contributed by atoms with Crippen LogP contribution in [0, 0.1) is 0 Å². The third kappa shape index (κ3) is 9.68. The molecule has 0 amide bonds. The normalized spacial score (nSPS) is 11.8. The Labute approximate surface area is 602 Å². The van der Waals surface area contributed by atoms with E-state index in [0.717, 1.165) is 77.7 Å². The van der Waals surface area contributed by atoms with E-state index in [1.165, 1.54) is 130 Å². The maximum atomic E-state index is 6.47. The fourth-order valence-electron chi connectivity index (χ4n) is 16.3. The lowest BCUT2D eigenvalue weighted by Gasteiger charge is -2.13. The fraction of sp³-hybridized carbons (Fsp3) is 0. The number of aromatic nitrogens is 4. The van der Waals surface area contributed by atoms with Crippen molar-refractivity contribution in [2.24, 2.45) is 0 Å². The van der Waals surface area contributed by atoms with E-state index in [0.29, 0.717) is 0 Å². The minimum absolute atomic E-state index is 0.849. The number of hydrogen-bond donors (Lipinski definition) is 0. The van der Waals surface area contributed by atoms with Crippen molar-refractivity contribution in [1.29, 1.82) is 0 Å². The molecular formula is C98H60N4OS. The van der Waals surface area contributed by atoms with Crippen LogP contribution >= 0.6 is 11.3 Å². The lowest BCUT2D eigenvalue weighted by atomic mass is 9.95. The summed E-state index contributed by atoms with van der Waals surface area (Å²) in [5.41, 5.74) is 24.4. The van der Waals surface area contributed by atoms with E-state index in [4.69, 9.17) is 14.4 Å². The monoisotopic (exact) mass is 1340 g/mol. The molecule has 104 heavy (non-hydrogen) atoms. The molecule has 0 fully saturated rings. The third-order valence-corrected chi connectivity index (χ3v) is 22.3. The first-order valence-corrected chi connectivity index (χ1v) is 36.2. The van der Waals surface area contributed by atoms with Crippen LogP contribution in [-0.4, -0.2) is 19.1 Å². The predicted octanol–water partition coefficient (Wildman–Crippen LogP) is 27.2. The Bertz CT molecular complexity index is 7170. The summed E-state index contributed by atoms with van der Waals surface area (Å²) in [5.74, 6) is 0. The van der Waals surface area contributed by atoms with Crippen molar-refractivity contribution in [2.75, 3.05) is 0 Å². The number of rotatable bonds is 8. The van der Waals surface area contributed by atoms with Crippen LogP contribution < -0.4 is 0 Å². The van der Waals surface area contributed by atoms with Crippen molar-refractivity contribution < 1.29 is 4.42 Å². The van der Waals surface area contributed by atoms with Crippen molar-refractivity contribution in [3.63, 3.8) is 0 Å². The van der Waals surface area contributed by atoms with Gasteiger partial charge >= 0.3 is 0 Å². The molecule has 0 saturated heterocycles. The zero-order chi connectivity index (χ0) is 68.3. The zero-order valence-electron chi connectivity index (χ0n) is 56.2. The molecular weight excluding hydrogens is 1280 g/mol. The van der Waals surface area contributed by atoms with Gasteiger partial charge in [-0.1, -0.05) is 267 Å². The van der Waals surface area contributed by atoms with Crippen LogP contribution in [0.15, 0.2) is 368 Å². The topological polar surface area (TPSA) is 48.8 Å². The number of thiophene rings is 1. The molecule has 5 nitrogen and oxygen atoms in total. The minimum Gasteiger partial charge on any atom is -0.456 e. The summed E-state index contributed by atoms with van der Waals surface area (Å²) in [4.78, 5) is 10.9. The highest BCUT2D eigenvalue weighted by molar-refractivity contribution is 7.26. The molecule has 484 valence electrons. The Balaban J connectivity index is 0.000000134. The first-order valence-electron chi connectivity index (χ1n) is 35.4. The van der Waals surface area contributed by atoms with Crippen LogP contribution in [0.2, 0.25) is 0 Å². The Morgan fingerprint density at radius 2 is 0.625 bits per heavy atom. The minimum atomic E-state index is 0.849. The van der Waals surface area contributed by atoms with Gasteiger partial charge in [0, 0.05) is 80.4 Å². The van der Waals surface area contributed by atoms with Gasteiger partial charge in [0.05, 0.1) is 49.9 Å². The summed E-state index contributed by atoms with van der Waals surface area (Å²) < 4.78 is 13.8. The molecule has 0 saturated carbocycles.